The van der Waals surface area contributed by atoms with Gasteiger partial charge in [0.15, 0.2) is 0 Å². The molecule has 0 spiro atoms. The van der Waals surface area contributed by atoms with Crippen molar-refractivity contribution in [1.82, 2.24) is 10.3 Å². The Labute approximate surface area is 174 Å². The summed E-state index contributed by atoms with van der Waals surface area (Å²) in [5, 5.41) is 2.93. The van der Waals surface area contributed by atoms with Gasteiger partial charge in [-0.2, -0.15) is 8.78 Å². The van der Waals surface area contributed by atoms with E-state index in [2.05, 4.69) is 15.0 Å². The molecule has 1 N–H and O–H groups in total. The average Bonchev–Trinajstić information content (AvgIpc) is 2.72. The molecule has 162 valence electrons. The lowest BCUT2D eigenvalue weighted by Gasteiger charge is -2.22. The van der Waals surface area contributed by atoms with Crippen LogP contribution in [-0.2, 0) is 11.2 Å². The highest BCUT2D eigenvalue weighted by molar-refractivity contribution is 5.92. The maximum absolute atomic E-state index is 12.9. The summed E-state index contributed by atoms with van der Waals surface area (Å²) >= 11 is 0. The highest BCUT2D eigenvalue weighted by Crippen LogP contribution is 2.25. The SMILES string of the molecule is CC(F)(F)Oc1cccc(OCCc2ccc(C(=O)NCC3CCOCC3)nc2)c1. The number of rotatable bonds is 9. The zero-order valence-corrected chi connectivity index (χ0v) is 16.9. The lowest BCUT2D eigenvalue weighted by molar-refractivity contribution is -0.159. The Morgan fingerprint density at radius 2 is 2.00 bits per heavy atom. The van der Waals surface area contributed by atoms with E-state index >= 15 is 0 Å². The van der Waals surface area contributed by atoms with Crippen LogP contribution in [0.5, 0.6) is 11.5 Å². The van der Waals surface area contributed by atoms with Gasteiger partial charge in [0, 0.05) is 45.4 Å². The van der Waals surface area contributed by atoms with Gasteiger partial charge in [-0.05, 0) is 42.5 Å². The molecular weight excluding hydrogens is 394 g/mol. The summed E-state index contributed by atoms with van der Waals surface area (Å²) in [6.07, 6.45) is 0.879. The van der Waals surface area contributed by atoms with Gasteiger partial charge in [0.1, 0.15) is 17.2 Å². The average molecular weight is 420 g/mol. The third-order valence-corrected chi connectivity index (χ3v) is 4.71. The Bertz CT molecular complexity index is 819. The first-order valence-corrected chi connectivity index (χ1v) is 9.99. The van der Waals surface area contributed by atoms with Crippen LogP contribution in [0.2, 0.25) is 0 Å². The van der Waals surface area contributed by atoms with Crippen molar-refractivity contribution >= 4 is 5.91 Å². The lowest BCUT2D eigenvalue weighted by Crippen LogP contribution is -2.32. The molecular formula is C22H26F2N2O4. The first-order chi connectivity index (χ1) is 14.4. The number of halogens is 2. The predicted octanol–water partition coefficient (Wildman–Crippen LogP) is 3.85. The fourth-order valence-electron chi connectivity index (χ4n) is 3.11. The van der Waals surface area contributed by atoms with Gasteiger partial charge in [0.2, 0.25) is 0 Å². The summed E-state index contributed by atoms with van der Waals surface area (Å²) in [7, 11) is 0. The van der Waals surface area contributed by atoms with Crippen LogP contribution in [-0.4, -0.2) is 43.4 Å². The maximum Gasteiger partial charge on any atom is 0.394 e. The van der Waals surface area contributed by atoms with Gasteiger partial charge in [-0.25, -0.2) is 0 Å². The first-order valence-electron chi connectivity index (χ1n) is 9.99. The summed E-state index contributed by atoms with van der Waals surface area (Å²) in [4.78, 5) is 16.5. The van der Waals surface area contributed by atoms with Crippen molar-refractivity contribution in [3.05, 3.63) is 53.9 Å². The first kappa shape index (κ1) is 22.0. The third kappa shape index (κ3) is 7.26. The number of carbonyl (C=O) groups is 1. The van der Waals surface area contributed by atoms with Crippen LogP contribution in [0.25, 0.3) is 0 Å². The molecule has 2 heterocycles. The van der Waals surface area contributed by atoms with Gasteiger partial charge in [-0.15, -0.1) is 0 Å². The molecule has 1 aliphatic heterocycles. The molecule has 30 heavy (non-hydrogen) atoms. The minimum Gasteiger partial charge on any atom is -0.493 e. The van der Waals surface area contributed by atoms with Crippen LogP contribution >= 0.6 is 0 Å². The second kappa shape index (κ2) is 10.3. The zero-order chi connectivity index (χ0) is 21.4. The molecule has 0 saturated carbocycles. The molecule has 1 aromatic heterocycles. The van der Waals surface area contributed by atoms with Crippen LogP contribution in [0.15, 0.2) is 42.6 Å². The van der Waals surface area contributed by atoms with Crippen molar-refractivity contribution in [3.8, 4) is 11.5 Å². The molecule has 3 rings (SSSR count). The van der Waals surface area contributed by atoms with Gasteiger partial charge >= 0.3 is 6.11 Å². The van der Waals surface area contributed by atoms with Crippen molar-refractivity contribution in [2.45, 2.75) is 32.3 Å². The third-order valence-electron chi connectivity index (χ3n) is 4.71. The standard InChI is InChI=1S/C22H26F2N2O4/c1-22(23,24)30-19-4-2-3-18(13-19)29-12-9-16-5-6-20(25-14-16)21(27)26-15-17-7-10-28-11-8-17/h2-6,13-14,17H,7-12,15H2,1H3,(H,26,27). The molecule has 2 aromatic rings. The molecule has 1 aromatic carbocycles. The molecule has 0 atom stereocenters. The van der Waals surface area contributed by atoms with Gasteiger partial charge < -0.3 is 19.5 Å². The number of nitrogens with one attached hydrogen (secondary N) is 1. The Balaban J connectivity index is 1.43. The maximum atomic E-state index is 12.9. The van der Waals surface area contributed by atoms with Crippen molar-refractivity contribution < 1.29 is 27.8 Å². The number of aromatic nitrogens is 1. The zero-order valence-electron chi connectivity index (χ0n) is 16.9. The lowest BCUT2D eigenvalue weighted by atomic mass is 10.0. The van der Waals surface area contributed by atoms with E-state index < -0.39 is 6.11 Å². The number of ether oxygens (including phenoxy) is 3. The van der Waals surface area contributed by atoms with Crippen LogP contribution in [0.4, 0.5) is 8.78 Å². The largest absolute Gasteiger partial charge is 0.493 e. The number of benzene rings is 1. The molecule has 6 nitrogen and oxygen atoms in total. The van der Waals surface area contributed by atoms with Gasteiger partial charge in [0.25, 0.3) is 5.91 Å². The van der Waals surface area contributed by atoms with E-state index in [0.717, 1.165) is 31.6 Å². The summed E-state index contributed by atoms with van der Waals surface area (Å²) in [5.41, 5.74) is 1.28. The number of alkyl halides is 2. The topological polar surface area (TPSA) is 69.7 Å². The second-order valence-electron chi connectivity index (χ2n) is 7.30. The van der Waals surface area contributed by atoms with Crippen molar-refractivity contribution in [3.63, 3.8) is 0 Å². The molecule has 1 amide bonds. The molecule has 1 fully saturated rings. The predicted molar refractivity (Wildman–Crippen MR) is 107 cm³/mol. The van der Waals surface area contributed by atoms with Crippen molar-refractivity contribution in [2.24, 2.45) is 5.92 Å². The normalized spacial score (nSPS) is 14.9. The van der Waals surface area contributed by atoms with E-state index in [1.807, 2.05) is 6.07 Å². The van der Waals surface area contributed by atoms with E-state index in [1.165, 1.54) is 12.1 Å². The van der Waals surface area contributed by atoms with Crippen molar-refractivity contribution in [2.75, 3.05) is 26.4 Å². The number of nitrogens with zero attached hydrogens (tertiary/aromatic N) is 1. The van der Waals surface area contributed by atoms with Gasteiger partial charge in [-0.3, -0.25) is 9.78 Å². The molecule has 1 saturated heterocycles. The van der Waals surface area contributed by atoms with Crippen LogP contribution in [0, 0.1) is 5.92 Å². The summed E-state index contributed by atoms with van der Waals surface area (Å²) in [6, 6.07) is 9.64. The fraction of sp³-hybridized carbons (Fsp3) is 0.455. The Hall–Kier alpha value is -2.74. The quantitative estimate of drug-likeness (QED) is 0.667. The molecule has 0 unspecified atom stereocenters. The molecule has 0 aliphatic carbocycles. The summed E-state index contributed by atoms with van der Waals surface area (Å²) in [5.74, 6) is 0.743. The second-order valence-corrected chi connectivity index (χ2v) is 7.30. The highest BCUT2D eigenvalue weighted by atomic mass is 19.3. The summed E-state index contributed by atoms with van der Waals surface area (Å²) < 4.78 is 41.3. The number of pyridine rings is 1. The number of carbonyl (C=O) groups excluding carboxylic acids is 1. The van der Waals surface area contributed by atoms with Crippen LogP contribution in [0.3, 0.4) is 0 Å². The summed E-state index contributed by atoms with van der Waals surface area (Å²) in [6.45, 7) is 3.15. The number of hydrogen-bond donors (Lipinski definition) is 1. The Kier molecular flexibility index (Phi) is 7.57. The monoisotopic (exact) mass is 420 g/mol. The van der Waals surface area contributed by atoms with E-state index in [9.17, 15) is 13.6 Å². The highest BCUT2D eigenvalue weighted by Gasteiger charge is 2.23. The van der Waals surface area contributed by atoms with E-state index in [4.69, 9.17) is 9.47 Å². The molecule has 0 bridgehead atoms. The van der Waals surface area contributed by atoms with Crippen LogP contribution in [0.1, 0.15) is 35.8 Å². The number of amides is 1. The van der Waals surface area contributed by atoms with E-state index in [-0.39, 0.29) is 11.7 Å². The van der Waals surface area contributed by atoms with Gasteiger partial charge in [0.05, 0.1) is 6.61 Å². The van der Waals surface area contributed by atoms with Crippen molar-refractivity contribution in [1.29, 1.82) is 0 Å². The Morgan fingerprint density at radius 3 is 2.70 bits per heavy atom. The van der Waals surface area contributed by atoms with E-state index in [1.54, 1.807) is 24.4 Å². The smallest absolute Gasteiger partial charge is 0.394 e. The minimum atomic E-state index is -3.25. The molecule has 1 aliphatic rings. The molecule has 0 radical (unpaired) electrons. The molecule has 8 heteroatoms. The van der Waals surface area contributed by atoms with Crippen LogP contribution < -0.4 is 14.8 Å². The van der Waals surface area contributed by atoms with E-state index in [0.29, 0.717) is 43.9 Å². The number of hydrogen-bond acceptors (Lipinski definition) is 5. The fourth-order valence-corrected chi connectivity index (χ4v) is 3.11. The minimum absolute atomic E-state index is 0.0396. The van der Waals surface area contributed by atoms with Gasteiger partial charge in [-0.1, -0.05) is 12.1 Å². The Morgan fingerprint density at radius 1 is 1.23 bits per heavy atom.